The van der Waals surface area contributed by atoms with Crippen LogP contribution in [0.15, 0.2) is 29.3 Å². The van der Waals surface area contributed by atoms with E-state index in [1.54, 1.807) is 24.3 Å². The molecular weight excluding hydrogens is 228 g/mol. The zero-order chi connectivity index (χ0) is 11.6. The number of ether oxygens (including phenoxy) is 1. The number of hydrogen-bond donors (Lipinski definition) is 1. The van der Waals surface area contributed by atoms with Gasteiger partial charge in [0.2, 0.25) is 15.9 Å². The van der Waals surface area contributed by atoms with E-state index in [2.05, 4.69) is 9.71 Å². The maximum absolute atomic E-state index is 11.0. The van der Waals surface area contributed by atoms with Gasteiger partial charge in [0, 0.05) is 11.3 Å². The molecule has 0 unspecified atom stereocenters. The van der Waals surface area contributed by atoms with Crippen molar-refractivity contribution in [2.24, 2.45) is 4.99 Å². The fourth-order valence-electron chi connectivity index (χ4n) is 1.40. The van der Waals surface area contributed by atoms with Gasteiger partial charge in [-0.25, -0.2) is 13.4 Å². The summed E-state index contributed by atoms with van der Waals surface area (Å²) < 4.78 is 29.6. The van der Waals surface area contributed by atoms with Crippen LogP contribution in [0.5, 0.6) is 0 Å². The third-order valence-electron chi connectivity index (χ3n) is 2.02. The van der Waals surface area contributed by atoms with Gasteiger partial charge in [0.25, 0.3) is 0 Å². The van der Waals surface area contributed by atoms with Gasteiger partial charge in [-0.15, -0.1) is 0 Å². The molecule has 2 rings (SSSR count). The lowest BCUT2D eigenvalue weighted by molar-refractivity contribution is 0.348. The van der Waals surface area contributed by atoms with Crippen molar-refractivity contribution >= 4 is 21.6 Å². The quantitative estimate of drug-likeness (QED) is 0.851. The Labute approximate surface area is 94.2 Å². The van der Waals surface area contributed by atoms with Crippen molar-refractivity contribution in [3.05, 3.63) is 29.8 Å². The predicted octanol–water partition coefficient (Wildman–Crippen LogP) is 0.835. The summed E-state index contributed by atoms with van der Waals surface area (Å²) in [5, 5.41) is 0. The summed E-state index contributed by atoms with van der Waals surface area (Å²) in [4.78, 5) is 4.17. The van der Waals surface area contributed by atoms with Crippen LogP contribution in [0.25, 0.3) is 0 Å². The molecule has 1 aromatic rings. The van der Waals surface area contributed by atoms with E-state index in [-0.39, 0.29) is 0 Å². The van der Waals surface area contributed by atoms with Crippen LogP contribution in [-0.4, -0.2) is 33.7 Å². The highest BCUT2D eigenvalue weighted by Gasteiger charge is 2.10. The third kappa shape index (κ3) is 2.73. The summed E-state index contributed by atoms with van der Waals surface area (Å²) in [5.74, 6) is 0.617. The Kier molecular flexibility index (Phi) is 2.82. The Balaban J connectivity index is 2.16. The van der Waals surface area contributed by atoms with Crippen molar-refractivity contribution in [1.82, 2.24) is 0 Å². The van der Waals surface area contributed by atoms with Gasteiger partial charge in [0.05, 0.1) is 12.8 Å². The lowest BCUT2D eigenvalue weighted by atomic mass is 10.2. The van der Waals surface area contributed by atoms with Gasteiger partial charge in [0.1, 0.15) is 6.61 Å². The van der Waals surface area contributed by atoms with E-state index in [1.807, 2.05) is 0 Å². The Morgan fingerprint density at radius 1 is 1.31 bits per heavy atom. The van der Waals surface area contributed by atoms with Gasteiger partial charge < -0.3 is 4.74 Å². The number of nitrogens with zero attached hydrogens (tertiary/aromatic N) is 1. The molecule has 1 heterocycles. The fraction of sp³-hybridized carbons (Fsp3) is 0.300. The van der Waals surface area contributed by atoms with Crippen molar-refractivity contribution < 1.29 is 13.2 Å². The molecule has 0 saturated heterocycles. The molecule has 1 aliphatic heterocycles. The Morgan fingerprint density at radius 3 is 2.50 bits per heavy atom. The average molecular weight is 240 g/mol. The zero-order valence-electron chi connectivity index (χ0n) is 8.80. The first kappa shape index (κ1) is 10.9. The summed E-state index contributed by atoms with van der Waals surface area (Å²) >= 11 is 0. The maximum Gasteiger partial charge on any atom is 0.229 e. The highest BCUT2D eigenvalue weighted by molar-refractivity contribution is 7.92. The normalized spacial score (nSPS) is 15.4. The first-order chi connectivity index (χ1) is 7.54. The van der Waals surface area contributed by atoms with E-state index >= 15 is 0 Å². The van der Waals surface area contributed by atoms with Gasteiger partial charge in [-0.1, -0.05) is 0 Å². The smallest absolute Gasteiger partial charge is 0.229 e. The third-order valence-corrected chi connectivity index (χ3v) is 2.63. The van der Waals surface area contributed by atoms with Gasteiger partial charge in [-0.3, -0.25) is 4.72 Å². The number of anilines is 1. The van der Waals surface area contributed by atoms with Crippen LogP contribution in [0.2, 0.25) is 0 Å². The van der Waals surface area contributed by atoms with Crippen LogP contribution in [0, 0.1) is 0 Å². The molecule has 1 N–H and O–H groups in total. The van der Waals surface area contributed by atoms with E-state index in [0.29, 0.717) is 24.7 Å². The molecule has 1 aliphatic rings. The molecule has 0 radical (unpaired) electrons. The van der Waals surface area contributed by atoms with Crippen molar-refractivity contribution in [2.75, 3.05) is 24.1 Å². The molecule has 0 bridgehead atoms. The molecule has 16 heavy (non-hydrogen) atoms. The monoisotopic (exact) mass is 240 g/mol. The lowest BCUT2D eigenvalue weighted by Gasteiger charge is -2.05. The van der Waals surface area contributed by atoms with Crippen molar-refractivity contribution in [3.8, 4) is 0 Å². The molecule has 0 aromatic heterocycles. The predicted molar refractivity (Wildman–Crippen MR) is 62.3 cm³/mol. The maximum atomic E-state index is 11.0. The lowest BCUT2D eigenvalue weighted by Crippen LogP contribution is -2.09. The summed E-state index contributed by atoms with van der Waals surface area (Å²) in [6.07, 6.45) is 1.12. The first-order valence-corrected chi connectivity index (χ1v) is 6.69. The summed E-state index contributed by atoms with van der Waals surface area (Å²) in [6, 6.07) is 6.91. The molecule has 6 heteroatoms. The number of rotatable bonds is 3. The van der Waals surface area contributed by atoms with Gasteiger partial charge in [-0.05, 0) is 24.3 Å². The minimum absolute atomic E-state index is 0.532. The van der Waals surface area contributed by atoms with Crippen LogP contribution in [-0.2, 0) is 14.8 Å². The van der Waals surface area contributed by atoms with Gasteiger partial charge in [0.15, 0.2) is 0 Å². The second-order valence-corrected chi connectivity index (χ2v) is 5.24. The molecule has 1 aromatic carbocycles. The first-order valence-electron chi connectivity index (χ1n) is 4.80. The molecule has 0 fully saturated rings. The van der Waals surface area contributed by atoms with Crippen molar-refractivity contribution in [1.29, 1.82) is 0 Å². The van der Waals surface area contributed by atoms with Crippen molar-refractivity contribution in [2.45, 2.75) is 0 Å². The molecule has 86 valence electrons. The van der Waals surface area contributed by atoms with E-state index in [0.717, 1.165) is 11.8 Å². The van der Waals surface area contributed by atoms with E-state index in [9.17, 15) is 8.42 Å². The fourth-order valence-corrected chi connectivity index (χ4v) is 1.97. The topological polar surface area (TPSA) is 67.8 Å². The summed E-state index contributed by atoms with van der Waals surface area (Å²) in [7, 11) is -3.22. The molecule has 0 saturated carbocycles. The zero-order valence-corrected chi connectivity index (χ0v) is 9.62. The molecule has 5 nitrogen and oxygen atoms in total. The SMILES string of the molecule is CS(=O)(=O)Nc1ccc(C2=NCCO2)cc1. The van der Waals surface area contributed by atoms with Crippen LogP contribution < -0.4 is 4.72 Å². The Hall–Kier alpha value is -1.56. The Bertz CT molecular complexity index is 505. The molecule has 0 aliphatic carbocycles. The number of hydrogen-bond acceptors (Lipinski definition) is 4. The van der Waals surface area contributed by atoms with Crippen LogP contribution in [0.3, 0.4) is 0 Å². The van der Waals surface area contributed by atoms with Crippen LogP contribution in [0.4, 0.5) is 5.69 Å². The Morgan fingerprint density at radius 2 is 2.00 bits per heavy atom. The standard InChI is InChI=1S/C10H12N2O3S/c1-16(13,14)12-9-4-2-8(3-5-9)10-11-6-7-15-10/h2-5,12H,6-7H2,1H3. The van der Waals surface area contributed by atoms with E-state index in [1.165, 1.54) is 0 Å². The molecule has 0 spiro atoms. The highest BCUT2D eigenvalue weighted by Crippen LogP contribution is 2.13. The number of sulfonamides is 1. The largest absolute Gasteiger partial charge is 0.476 e. The summed E-state index contributed by atoms with van der Waals surface area (Å²) in [6.45, 7) is 1.29. The number of aliphatic imine (C=N–C) groups is 1. The number of nitrogens with one attached hydrogen (secondary N) is 1. The minimum atomic E-state index is -3.22. The van der Waals surface area contributed by atoms with E-state index in [4.69, 9.17) is 4.74 Å². The molecule has 0 amide bonds. The van der Waals surface area contributed by atoms with E-state index < -0.39 is 10.0 Å². The number of benzene rings is 1. The molecule has 0 atom stereocenters. The van der Waals surface area contributed by atoms with Gasteiger partial charge >= 0.3 is 0 Å². The minimum Gasteiger partial charge on any atom is -0.476 e. The van der Waals surface area contributed by atoms with Crippen molar-refractivity contribution in [3.63, 3.8) is 0 Å². The second-order valence-electron chi connectivity index (χ2n) is 3.49. The van der Waals surface area contributed by atoms with Crippen LogP contribution >= 0.6 is 0 Å². The van der Waals surface area contributed by atoms with Crippen LogP contribution in [0.1, 0.15) is 5.56 Å². The molecular formula is C10H12N2O3S. The highest BCUT2D eigenvalue weighted by atomic mass is 32.2. The van der Waals surface area contributed by atoms with Gasteiger partial charge in [-0.2, -0.15) is 0 Å². The average Bonchev–Trinajstić information content (AvgIpc) is 2.69. The summed E-state index contributed by atoms with van der Waals surface area (Å²) in [5.41, 5.74) is 1.39. The second kappa shape index (κ2) is 4.13.